The number of ether oxygens (including phenoxy) is 1. The van der Waals surface area contributed by atoms with Crippen molar-refractivity contribution in [3.8, 4) is 0 Å². The van der Waals surface area contributed by atoms with Gasteiger partial charge >= 0.3 is 5.97 Å². The van der Waals surface area contributed by atoms with Crippen molar-refractivity contribution in [2.24, 2.45) is 0 Å². The highest BCUT2D eigenvalue weighted by atomic mass is 19.1. The first kappa shape index (κ1) is 20.3. The number of benzene rings is 2. The van der Waals surface area contributed by atoms with Crippen LogP contribution < -0.4 is 5.32 Å². The van der Waals surface area contributed by atoms with Crippen LogP contribution in [0.15, 0.2) is 42.5 Å². The van der Waals surface area contributed by atoms with Crippen molar-refractivity contribution < 1.29 is 18.7 Å². The number of amides is 1. The molecule has 3 rings (SSSR count). The molecule has 0 atom stereocenters. The quantitative estimate of drug-likeness (QED) is 0.489. The summed E-state index contributed by atoms with van der Waals surface area (Å²) < 4.78 is 18.7. The molecule has 150 valence electrons. The number of hydrogen-bond acceptors (Lipinski definition) is 3. The lowest BCUT2D eigenvalue weighted by Crippen LogP contribution is -2.23. The standard InChI is InChI=1S/C23H23FN2O3/c1-14-4-10-19(24)22-21(14)18(15(2)26-22)12-13-25-20(27)11-7-16-5-8-17(9-6-16)23(28)29-3/h4-11,26H,12-13H2,1-3H3,(H,25,27). The number of aryl methyl sites for hydroxylation is 2. The lowest BCUT2D eigenvalue weighted by atomic mass is 10.0. The van der Waals surface area contributed by atoms with Crippen molar-refractivity contribution in [3.05, 3.63) is 76.2 Å². The summed E-state index contributed by atoms with van der Waals surface area (Å²) >= 11 is 0. The lowest BCUT2D eigenvalue weighted by molar-refractivity contribution is -0.116. The Labute approximate surface area is 168 Å². The smallest absolute Gasteiger partial charge is 0.337 e. The molecule has 0 saturated carbocycles. The number of hydrogen-bond donors (Lipinski definition) is 2. The van der Waals surface area contributed by atoms with E-state index in [1.807, 2.05) is 13.8 Å². The summed E-state index contributed by atoms with van der Waals surface area (Å²) in [5, 5.41) is 3.74. The second-order valence-electron chi connectivity index (χ2n) is 6.83. The Morgan fingerprint density at radius 3 is 2.55 bits per heavy atom. The molecule has 1 heterocycles. The number of halogens is 1. The van der Waals surface area contributed by atoms with Gasteiger partial charge in [-0.25, -0.2) is 9.18 Å². The SMILES string of the molecule is COC(=O)c1ccc(C=CC(=O)NCCc2c(C)[nH]c3c(F)ccc(C)c23)cc1. The van der Waals surface area contributed by atoms with E-state index in [0.29, 0.717) is 24.0 Å². The van der Waals surface area contributed by atoms with Crippen molar-refractivity contribution >= 4 is 28.9 Å². The van der Waals surface area contributed by atoms with E-state index in [1.54, 1.807) is 36.4 Å². The topological polar surface area (TPSA) is 71.2 Å². The number of aromatic nitrogens is 1. The molecule has 29 heavy (non-hydrogen) atoms. The highest BCUT2D eigenvalue weighted by molar-refractivity contribution is 5.93. The van der Waals surface area contributed by atoms with Gasteiger partial charge in [0.05, 0.1) is 18.2 Å². The number of rotatable bonds is 6. The van der Waals surface area contributed by atoms with Gasteiger partial charge in [-0.15, -0.1) is 0 Å². The Morgan fingerprint density at radius 2 is 1.86 bits per heavy atom. The van der Waals surface area contributed by atoms with Gasteiger partial charge in [0.25, 0.3) is 0 Å². The summed E-state index contributed by atoms with van der Waals surface area (Å²) in [5.74, 6) is -0.895. The summed E-state index contributed by atoms with van der Waals surface area (Å²) in [6.45, 7) is 4.30. The Hall–Kier alpha value is -3.41. The number of nitrogens with one attached hydrogen (secondary N) is 2. The summed E-state index contributed by atoms with van der Waals surface area (Å²) in [6.07, 6.45) is 3.72. The second kappa shape index (κ2) is 8.73. The van der Waals surface area contributed by atoms with Gasteiger partial charge in [0.1, 0.15) is 5.82 Å². The molecule has 0 aliphatic rings. The molecule has 0 fully saturated rings. The molecule has 1 aromatic heterocycles. The maximum atomic E-state index is 14.0. The number of carbonyl (C=O) groups excluding carboxylic acids is 2. The molecule has 0 unspecified atom stereocenters. The van der Waals surface area contributed by atoms with E-state index in [0.717, 1.165) is 27.8 Å². The number of aromatic amines is 1. The molecular formula is C23H23FN2O3. The minimum atomic E-state index is -0.402. The number of methoxy groups -OCH3 is 1. The molecule has 1 amide bonds. The first-order chi connectivity index (χ1) is 13.9. The zero-order chi connectivity index (χ0) is 21.0. The van der Waals surface area contributed by atoms with Gasteiger partial charge in [0.15, 0.2) is 0 Å². The minimum absolute atomic E-state index is 0.220. The molecule has 2 aromatic carbocycles. The average molecular weight is 394 g/mol. The van der Waals surface area contributed by atoms with E-state index < -0.39 is 5.97 Å². The predicted octanol–water partition coefficient (Wildman–Crippen LogP) is 4.08. The average Bonchev–Trinajstić information content (AvgIpc) is 3.06. The molecule has 6 heteroatoms. The van der Waals surface area contributed by atoms with Gasteiger partial charge in [0.2, 0.25) is 5.91 Å². The number of H-pyrrole nitrogens is 1. The van der Waals surface area contributed by atoms with Gasteiger partial charge in [-0.05, 0) is 61.2 Å². The Kier molecular flexibility index (Phi) is 6.12. The molecule has 0 radical (unpaired) electrons. The van der Waals surface area contributed by atoms with E-state index in [-0.39, 0.29) is 11.7 Å². The third kappa shape index (κ3) is 4.54. The van der Waals surface area contributed by atoms with Crippen LogP contribution in [0.1, 0.15) is 32.7 Å². The van der Waals surface area contributed by atoms with Gasteiger partial charge < -0.3 is 15.0 Å². The van der Waals surface area contributed by atoms with Crippen LogP contribution in [0, 0.1) is 19.7 Å². The van der Waals surface area contributed by atoms with Crippen LogP contribution >= 0.6 is 0 Å². The van der Waals surface area contributed by atoms with Gasteiger partial charge in [-0.1, -0.05) is 18.2 Å². The van der Waals surface area contributed by atoms with Crippen LogP contribution in [0.2, 0.25) is 0 Å². The van der Waals surface area contributed by atoms with E-state index in [9.17, 15) is 14.0 Å². The van der Waals surface area contributed by atoms with Crippen molar-refractivity contribution in [1.82, 2.24) is 10.3 Å². The highest BCUT2D eigenvalue weighted by Crippen LogP contribution is 2.27. The molecule has 0 spiro atoms. The largest absolute Gasteiger partial charge is 0.465 e. The number of fused-ring (bicyclic) bond motifs is 1. The maximum Gasteiger partial charge on any atom is 0.337 e. The molecule has 2 N–H and O–H groups in total. The summed E-state index contributed by atoms with van der Waals surface area (Å²) in [6, 6.07) is 9.99. The molecule has 0 aliphatic carbocycles. The highest BCUT2D eigenvalue weighted by Gasteiger charge is 2.13. The lowest BCUT2D eigenvalue weighted by Gasteiger charge is -2.05. The minimum Gasteiger partial charge on any atom is -0.465 e. The Morgan fingerprint density at radius 1 is 1.14 bits per heavy atom. The zero-order valence-electron chi connectivity index (χ0n) is 16.6. The van der Waals surface area contributed by atoms with Crippen molar-refractivity contribution in [2.75, 3.05) is 13.7 Å². The third-order valence-corrected chi connectivity index (χ3v) is 4.86. The van der Waals surface area contributed by atoms with Crippen LogP contribution in [0.5, 0.6) is 0 Å². The fourth-order valence-corrected chi connectivity index (χ4v) is 3.35. The van der Waals surface area contributed by atoms with Crippen molar-refractivity contribution in [1.29, 1.82) is 0 Å². The first-order valence-corrected chi connectivity index (χ1v) is 9.31. The van der Waals surface area contributed by atoms with Gasteiger partial charge in [-0.3, -0.25) is 4.79 Å². The van der Waals surface area contributed by atoms with Crippen molar-refractivity contribution in [3.63, 3.8) is 0 Å². The third-order valence-electron chi connectivity index (χ3n) is 4.86. The van der Waals surface area contributed by atoms with E-state index in [2.05, 4.69) is 15.0 Å². The summed E-state index contributed by atoms with van der Waals surface area (Å²) in [4.78, 5) is 26.6. The van der Waals surface area contributed by atoms with E-state index >= 15 is 0 Å². The first-order valence-electron chi connectivity index (χ1n) is 9.31. The molecular weight excluding hydrogens is 371 g/mol. The zero-order valence-corrected chi connectivity index (χ0v) is 16.6. The van der Waals surface area contributed by atoms with Gasteiger partial charge in [0, 0.05) is 23.7 Å². The Balaban J connectivity index is 1.60. The summed E-state index contributed by atoms with van der Waals surface area (Å²) in [7, 11) is 1.33. The predicted molar refractivity (Wildman–Crippen MR) is 111 cm³/mol. The normalized spacial score (nSPS) is 11.2. The van der Waals surface area contributed by atoms with Crippen LogP contribution in [0.4, 0.5) is 4.39 Å². The maximum absolute atomic E-state index is 14.0. The fourth-order valence-electron chi connectivity index (χ4n) is 3.35. The van der Waals surface area contributed by atoms with Crippen LogP contribution in [0.25, 0.3) is 17.0 Å². The van der Waals surface area contributed by atoms with Crippen LogP contribution in [0.3, 0.4) is 0 Å². The number of esters is 1. The van der Waals surface area contributed by atoms with Crippen LogP contribution in [-0.2, 0) is 16.0 Å². The molecule has 0 bridgehead atoms. The van der Waals surface area contributed by atoms with E-state index in [4.69, 9.17) is 0 Å². The molecule has 0 aliphatic heterocycles. The summed E-state index contributed by atoms with van der Waals surface area (Å²) in [5.41, 5.74) is 4.69. The molecule has 5 nitrogen and oxygen atoms in total. The molecule has 0 saturated heterocycles. The second-order valence-corrected chi connectivity index (χ2v) is 6.83. The number of carbonyl (C=O) groups is 2. The Bertz CT molecular complexity index is 1080. The van der Waals surface area contributed by atoms with Crippen molar-refractivity contribution in [2.45, 2.75) is 20.3 Å². The van der Waals surface area contributed by atoms with Gasteiger partial charge in [-0.2, -0.15) is 0 Å². The van der Waals surface area contributed by atoms with E-state index in [1.165, 1.54) is 19.3 Å². The monoisotopic (exact) mass is 394 g/mol. The molecule has 3 aromatic rings. The van der Waals surface area contributed by atoms with Crippen LogP contribution in [-0.4, -0.2) is 30.5 Å². The fraction of sp³-hybridized carbons (Fsp3) is 0.217.